The molecule has 0 aliphatic carbocycles. The predicted molar refractivity (Wildman–Crippen MR) is 159 cm³/mol. The summed E-state index contributed by atoms with van der Waals surface area (Å²) in [6.45, 7) is 16.9. The zero-order valence-corrected chi connectivity index (χ0v) is 25.7. The lowest BCUT2D eigenvalue weighted by molar-refractivity contribution is -0.140. The molecule has 0 fully saturated rings. The van der Waals surface area contributed by atoms with Gasteiger partial charge in [-0.1, -0.05) is 76.1 Å². The highest BCUT2D eigenvalue weighted by atomic mass is 28.4. The summed E-state index contributed by atoms with van der Waals surface area (Å²) >= 11 is 0. The predicted octanol–water partition coefficient (Wildman–Crippen LogP) is 5.71. The van der Waals surface area contributed by atoms with Crippen LogP contribution in [0.25, 0.3) is 6.08 Å². The van der Waals surface area contributed by atoms with Crippen molar-refractivity contribution in [3.05, 3.63) is 79.4 Å². The summed E-state index contributed by atoms with van der Waals surface area (Å²) in [7, 11) is 3.22. The first-order valence-corrected chi connectivity index (χ1v) is 14.8. The summed E-state index contributed by atoms with van der Waals surface area (Å²) in [4.78, 5) is 33.3. The van der Waals surface area contributed by atoms with Crippen LogP contribution in [0.5, 0.6) is 0 Å². The lowest BCUT2D eigenvalue weighted by Crippen LogP contribution is -2.42. The zero-order chi connectivity index (χ0) is 30.8. The highest BCUT2D eigenvalue weighted by molar-refractivity contribution is 6.60. The molecule has 0 saturated heterocycles. The molecule has 0 aromatic heterocycles. The minimum absolute atomic E-state index is 0.209. The average Bonchev–Trinajstić information content (AvgIpc) is 3.00. The van der Waals surface area contributed by atoms with E-state index in [-0.39, 0.29) is 23.7 Å². The average molecular weight is 579 g/mol. The van der Waals surface area contributed by atoms with Gasteiger partial charge in [0.25, 0.3) is 0 Å². The fraction of sp³-hybridized carbons (Fsp3) is 0.433. The van der Waals surface area contributed by atoms with Gasteiger partial charge in [-0.15, -0.1) is 0 Å². The summed E-state index contributed by atoms with van der Waals surface area (Å²) in [6.07, 6.45) is 6.13. The summed E-state index contributed by atoms with van der Waals surface area (Å²) in [6, 6.07) is 10.6. The van der Waals surface area contributed by atoms with Gasteiger partial charge in [0.05, 0.1) is 20.3 Å². The van der Waals surface area contributed by atoms with Crippen molar-refractivity contribution in [1.82, 2.24) is 0 Å². The van der Waals surface area contributed by atoms with Gasteiger partial charge in [-0.2, -0.15) is 0 Å². The Morgan fingerprint density at radius 2 is 1.32 bits per heavy atom. The van der Waals surface area contributed by atoms with E-state index in [1.165, 1.54) is 40.1 Å². The normalized spacial score (nSPS) is 9.93. The Morgan fingerprint density at radius 3 is 1.75 bits per heavy atom. The minimum Gasteiger partial charge on any atom is -0.466 e. The summed E-state index contributed by atoms with van der Waals surface area (Å²) in [5.41, 5.74) is 1.74. The SMILES string of the molecule is C=C(CCC(=C)C(=O)OCCC[Si](OC)(OC)OC)C(=O)OC.C=CC(=O)OCCCC.C=Cc1ccccc1. The molecule has 1 rings (SSSR count). The number of carbonyl (C=O) groups is 3. The Hall–Kier alpha value is -3.31. The molecule has 40 heavy (non-hydrogen) atoms. The number of esters is 3. The molecule has 0 aliphatic rings. The molecule has 0 radical (unpaired) electrons. The molecule has 0 spiro atoms. The molecule has 0 N–H and O–H groups in total. The molecule has 0 unspecified atom stereocenters. The van der Waals surface area contributed by atoms with Crippen molar-refractivity contribution in [2.75, 3.05) is 41.7 Å². The highest BCUT2D eigenvalue weighted by Crippen LogP contribution is 2.16. The van der Waals surface area contributed by atoms with Crippen LogP contribution < -0.4 is 0 Å². The minimum atomic E-state index is -2.64. The first-order valence-electron chi connectivity index (χ1n) is 12.8. The molecule has 0 atom stereocenters. The Bertz CT molecular complexity index is 901. The molecule has 9 nitrogen and oxygen atoms in total. The van der Waals surface area contributed by atoms with Crippen molar-refractivity contribution in [1.29, 1.82) is 0 Å². The van der Waals surface area contributed by atoms with Crippen LogP contribution in [0.2, 0.25) is 6.04 Å². The van der Waals surface area contributed by atoms with E-state index < -0.39 is 20.7 Å². The second-order valence-corrected chi connectivity index (χ2v) is 11.2. The molecule has 0 bridgehead atoms. The van der Waals surface area contributed by atoms with E-state index >= 15 is 0 Å². The van der Waals surface area contributed by atoms with Crippen LogP contribution >= 0.6 is 0 Å². The molecule has 0 heterocycles. The lowest BCUT2D eigenvalue weighted by atomic mass is 10.1. The van der Waals surface area contributed by atoms with Crippen molar-refractivity contribution < 1.29 is 41.9 Å². The fourth-order valence-electron chi connectivity index (χ4n) is 2.73. The van der Waals surface area contributed by atoms with Crippen LogP contribution in [0.15, 0.2) is 73.9 Å². The Labute approximate surface area is 240 Å². The van der Waals surface area contributed by atoms with Gasteiger partial charge in [0.15, 0.2) is 0 Å². The largest absolute Gasteiger partial charge is 0.500 e. The second kappa shape index (κ2) is 24.7. The Kier molecular flexibility index (Phi) is 24.0. The van der Waals surface area contributed by atoms with Crippen LogP contribution in [0.1, 0.15) is 44.6 Å². The molecule has 0 aliphatic heterocycles. The van der Waals surface area contributed by atoms with Crippen LogP contribution in [-0.2, 0) is 41.9 Å². The van der Waals surface area contributed by atoms with Crippen LogP contribution in [0.3, 0.4) is 0 Å². The van der Waals surface area contributed by atoms with Gasteiger partial charge < -0.3 is 27.5 Å². The Balaban J connectivity index is 0. The van der Waals surface area contributed by atoms with Gasteiger partial charge >= 0.3 is 26.7 Å². The van der Waals surface area contributed by atoms with Crippen molar-refractivity contribution in [2.45, 2.75) is 45.1 Å². The third-order valence-corrected chi connectivity index (χ3v) is 8.06. The monoisotopic (exact) mass is 578 g/mol. The number of methoxy groups -OCH3 is 1. The van der Waals surface area contributed by atoms with Crippen LogP contribution in [0.4, 0.5) is 0 Å². The summed E-state index contributed by atoms with van der Waals surface area (Å²) in [5.74, 6) is -1.32. The number of hydrogen-bond acceptors (Lipinski definition) is 9. The first-order chi connectivity index (χ1) is 19.1. The maximum Gasteiger partial charge on any atom is 0.500 e. The van der Waals surface area contributed by atoms with E-state index in [2.05, 4.69) is 35.8 Å². The van der Waals surface area contributed by atoms with E-state index in [0.29, 0.717) is 31.9 Å². The zero-order valence-electron chi connectivity index (χ0n) is 24.7. The van der Waals surface area contributed by atoms with Crippen LogP contribution in [-0.4, -0.2) is 68.4 Å². The van der Waals surface area contributed by atoms with Crippen molar-refractivity contribution in [3.63, 3.8) is 0 Å². The molecule has 0 saturated carbocycles. The molecule has 224 valence electrons. The van der Waals surface area contributed by atoms with Gasteiger partial charge in [-0.25, -0.2) is 14.4 Å². The molecule has 10 heteroatoms. The summed E-state index contributed by atoms with van der Waals surface area (Å²) < 4.78 is 30.1. The molecular formula is C30H46O9Si. The van der Waals surface area contributed by atoms with Gasteiger partial charge in [0, 0.05) is 44.6 Å². The smallest absolute Gasteiger partial charge is 0.466 e. The number of hydrogen-bond donors (Lipinski definition) is 0. The number of unbranched alkanes of at least 4 members (excludes halogenated alkanes) is 1. The quantitative estimate of drug-likeness (QED) is 0.0755. The van der Waals surface area contributed by atoms with E-state index in [1.54, 1.807) is 0 Å². The topological polar surface area (TPSA) is 107 Å². The second-order valence-electron chi connectivity index (χ2n) is 8.07. The van der Waals surface area contributed by atoms with E-state index in [0.717, 1.165) is 12.8 Å². The third kappa shape index (κ3) is 18.9. The number of ether oxygens (including phenoxy) is 3. The third-order valence-electron chi connectivity index (χ3n) is 5.23. The molecular weight excluding hydrogens is 532 g/mol. The van der Waals surface area contributed by atoms with E-state index in [9.17, 15) is 14.4 Å². The fourth-order valence-corrected chi connectivity index (χ4v) is 4.42. The Morgan fingerprint density at radius 1 is 0.800 bits per heavy atom. The maximum atomic E-state index is 11.8. The number of rotatable bonds is 17. The standard InChI is InChI=1S/C15H26O7Si.C8H8.C7H12O2/c1-12(14(16)18-3)8-9-13(2)15(17)22-10-7-11-23(19-4,20-5)21-6;1-2-8-6-4-3-5-7-8;1-3-5-6-9-7(8)4-2/h1-2,7-11H2,3-6H3;2-7H,1H2;4H,2-3,5-6H2,1H3. The highest BCUT2D eigenvalue weighted by Gasteiger charge is 2.37. The molecule has 1 aromatic rings. The van der Waals surface area contributed by atoms with Gasteiger partial charge in [0.1, 0.15) is 0 Å². The first kappa shape index (κ1) is 38.8. The van der Waals surface area contributed by atoms with Gasteiger partial charge in [-0.05, 0) is 31.2 Å². The molecule has 1 aromatic carbocycles. The van der Waals surface area contributed by atoms with Crippen molar-refractivity contribution in [2.24, 2.45) is 0 Å². The summed E-state index contributed by atoms with van der Waals surface area (Å²) in [5, 5.41) is 0. The molecule has 0 amide bonds. The van der Waals surface area contributed by atoms with E-state index in [1.807, 2.05) is 43.3 Å². The van der Waals surface area contributed by atoms with Gasteiger partial charge in [-0.3, -0.25) is 0 Å². The van der Waals surface area contributed by atoms with Gasteiger partial charge in [0.2, 0.25) is 0 Å². The van der Waals surface area contributed by atoms with Crippen molar-refractivity contribution in [3.8, 4) is 0 Å². The lowest BCUT2D eigenvalue weighted by Gasteiger charge is -2.24. The van der Waals surface area contributed by atoms with E-state index in [4.69, 9.17) is 18.0 Å². The van der Waals surface area contributed by atoms with Crippen molar-refractivity contribution >= 4 is 32.8 Å². The number of benzene rings is 1. The number of carbonyl (C=O) groups excluding carboxylic acids is 3. The van der Waals surface area contributed by atoms with Crippen LogP contribution in [0, 0.1) is 0 Å². The maximum absolute atomic E-state index is 11.8.